The van der Waals surface area contributed by atoms with E-state index in [1.165, 1.54) is 0 Å². The summed E-state index contributed by atoms with van der Waals surface area (Å²) in [4.78, 5) is 38.5. The van der Waals surface area contributed by atoms with Crippen LogP contribution in [0.2, 0.25) is 0 Å². The van der Waals surface area contributed by atoms with E-state index in [-0.39, 0.29) is 5.56 Å². The number of carbonyl (C=O) groups is 1. The zero-order valence-corrected chi connectivity index (χ0v) is 15.9. The number of rotatable bonds is 5. The van der Waals surface area contributed by atoms with E-state index in [1.807, 2.05) is 26.0 Å². The molecule has 0 atom stereocenters. The Morgan fingerprint density at radius 2 is 1.76 bits per heavy atom. The lowest BCUT2D eigenvalue weighted by Gasteiger charge is -2.11. The summed E-state index contributed by atoms with van der Waals surface area (Å²) >= 11 is 0. The van der Waals surface area contributed by atoms with Crippen molar-refractivity contribution in [3.8, 4) is 11.6 Å². The third-order valence-corrected chi connectivity index (χ3v) is 4.33. The lowest BCUT2D eigenvalue weighted by atomic mass is 10.0. The molecule has 3 aromatic rings. The van der Waals surface area contributed by atoms with Gasteiger partial charge >= 0.3 is 5.69 Å². The SMILES string of the molecule is CC(C)c1ccc(-n2c(O)c(C=NNC(=O)c3ccccc3)c(=O)[nH]c2=O)cc1. The summed E-state index contributed by atoms with van der Waals surface area (Å²) in [6.07, 6.45) is 0.993. The van der Waals surface area contributed by atoms with Crippen LogP contribution < -0.4 is 16.7 Å². The van der Waals surface area contributed by atoms with Crippen LogP contribution in [-0.2, 0) is 0 Å². The third-order valence-electron chi connectivity index (χ3n) is 4.33. The van der Waals surface area contributed by atoms with Crippen molar-refractivity contribution in [3.05, 3.63) is 92.1 Å². The second kappa shape index (κ2) is 8.39. The summed E-state index contributed by atoms with van der Waals surface area (Å²) in [5, 5.41) is 14.2. The number of nitrogens with zero attached hydrogens (tertiary/aromatic N) is 2. The number of hydrazone groups is 1. The molecule has 1 amide bonds. The van der Waals surface area contributed by atoms with Gasteiger partial charge in [-0.05, 0) is 35.7 Å². The Hall–Kier alpha value is -3.94. The fourth-order valence-electron chi connectivity index (χ4n) is 2.71. The number of hydrogen-bond donors (Lipinski definition) is 3. The Bertz CT molecular complexity index is 1160. The summed E-state index contributed by atoms with van der Waals surface area (Å²) in [6, 6.07) is 15.4. The molecule has 148 valence electrons. The zero-order valence-electron chi connectivity index (χ0n) is 15.9. The Kier molecular flexibility index (Phi) is 5.73. The number of carbonyl (C=O) groups excluding carboxylic acids is 1. The standard InChI is InChI=1S/C21H20N4O4/c1-13(2)14-8-10-16(11-9-14)25-20(28)17(19(27)23-21(25)29)12-22-24-18(26)15-6-4-3-5-7-15/h3-13,28H,1-2H3,(H,24,26)(H,23,27,29). The molecule has 8 heteroatoms. The van der Waals surface area contributed by atoms with E-state index < -0.39 is 23.0 Å². The molecule has 0 aliphatic rings. The molecule has 0 aliphatic carbocycles. The molecule has 0 bridgehead atoms. The van der Waals surface area contributed by atoms with Crippen molar-refractivity contribution < 1.29 is 9.90 Å². The summed E-state index contributed by atoms with van der Waals surface area (Å²) in [7, 11) is 0. The van der Waals surface area contributed by atoms with Gasteiger partial charge in [0.15, 0.2) is 0 Å². The predicted molar refractivity (Wildman–Crippen MR) is 110 cm³/mol. The number of amides is 1. The quantitative estimate of drug-likeness (QED) is 0.455. The second-order valence-electron chi connectivity index (χ2n) is 6.64. The predicted octanol–water partition coefficient (Wildman–Crippen LogP) is 2.12. The fraction of sp³-hybridized carbons (Fsp3) is 0.143. The number of aromatic amines is 1. The van der Waals surface area contributed by atoms with Gasteiger partial charge in [0.2, 0.25) is 5.88 Å². The zero-order chi connectivity index (χ0) is 21.0. The van der Waals surface area contributed by atoms with Crippen LogP contribution >= 0.6 is 0 Å². The third kappa shape index (κ3) is 4.32. The van der Waals surface area contributed by atoms with Crippen molar-refractivity contribution in [2.75, 3.05) is 0 Å². The summed E-state index contributed by atoms with van der Waals surface area (Å²) in [5.74, 6) is -0.745. The molecule has 1 heterocycles. The van der Waals surface area contributed by atoms with E-state index >= 15 is 0 Å². The Labute approximate surface area is 166 Å². The van der Waals surface area contributed by atoms with Gasteiger partial charge in [0.05, 0.1) is 11.9 Å². The Morgan fingerprint density at radius 1 is 1.10 bits per heavy atom. The lowest BCUT2D eigenvalue weighted by molar-refractivity contribution is 0.0955. The van der Waals surface area contributed by atoms with Crippen molar-refractivity contribution in [2.24, 2.45) is 5.10 Å². The Balaban J connectivity index is 1.92. The van der Waals surface area contributed by atoms with Gasteiger partial charge < -0.3 is 5.11 Å². The van der Waals surface area contributed by atoms with E-state index in [0.717, 1.165) is 16.3 Å². The minimum absolute atomic E-state index is 0.258. The van der Waals surface area contributed by atoms with E-state index in [2.05, 4.69) is 15.5 Å². The van der Waals surface area contributed by atoms with Crippen LogP contribution in [0.5, 0.6) is 5.88 Å². The first-order valence-corrected chi connectivity index (χ1v) is 8.95. The molecule has 0 fully saturated rings. The van der Waals surface area contributed by atoms with Gasteiger partial charge in [-0.15, -0.1) is 0 Å². The van der Waals surface area contributed by atoms with Crippen LogP contribution in [0, 0.1) is 0 Å². The van der Waals surface area contributed by atoms with Gasteiger partial charge in [-0.1, -0.05) is 44.2 Å². The van der Waals surface area contributed by atoms with Crippen LogP contribution in [-0.4, -0.2) is 26.8 Å². The molecule has 3 rings (SSSR count). The van der Waals surface area contributed by atoms with E-state index in [9.17, 15) is 19.5 Å². The molecule has 8 nitrogen and oxygen atoms in total. The monoisotopic (exact) mass is 392 g/mol. The van der Waals surface area contributed by atoms with Crippen molar-refractivity contribution in [1.82, 2.24) is 15.0 Å². The molecule has 2 aromatic carbocycles. The number of hydrogen-bond acceptors (Lipinski definition) is 5. The van der Waals surface area contributed by atoms with Crippen molar-refractivity contribution in [2.45, 2.75) is 19.8 Å². The highest BCUT2D eigenvalue weighted by atomic mass is 16.3. The summed E-state index contributed by atoms with van der Waals surface area (Å²) in [5.41, 5.74) is 2.25. The molecular formula is C21H20N4O4. The molecule has 0 aliphatic heterocycles. The fourth-order valence-corrected chi connectivity index (χ4v) is 2.71. The highest BCUT2D eigenvalue weighted by molar-refractivity contribution is 5.94. The van der Waals surface area contributed by atoms with E-state index in [0.29, 0.717) is 17.2 Å². The molecule has 0 saturated heterocycles. The smallest absolute Gasteiger partial charge is 0.335 e. The normalized spacial score (nSPS) is 11.1. The maximum atomic E-state index is 12.2. The van der Waals surface area contributed by atoms with Crippen molar-refractivity contribution >= 4 is 12.1 Å². The highest BCUT2D eigenvalue weighted by Crippen LogP contribution is 2.19. The highest BCUT2D eigenvalue weighted by Gasteiger charge is 2.14. The Morgan fingerprint density at radius 3 is 2.38 bits per heavy atom. The van der Waals surface area contributed by atoms with Crippen LogP contribution in [0.15, 0.2) is 69.3 Å². The topological polar surface area (TPSA) is 117 Å². The second-order valence-corrected chi connectivity index (χ2v) is 6.64. The average Bonchev–Trinajstić information content (AvgIpc) is 2.71. The van der Waals surface area contributed by atoms with Crippen LogP contribution in [0.3, 0.4) is 0 Å². The number of nitrogens with one attached hydrogen (secondary N) is 2. The summed E-state index contributed by atoms with van der Waals surface area (Å²) in [6.45, 7) is 4.08. The van der Waals surface area contributed by atoms with Gasteiger partial charge in [0.1, 0.15) is 5.56 Å². The number of H-pyrrole nitrogens is 1. The first-order valence-electron chi connectivity index (χ1n) is 8.95. The van der Waals surface area contributed by atoms with Crippen molar-refractivity contribution in [1.29, 1.82) is 0 Å². The van der Waals surface area contributed by atoms with Gasteiger partial charge in [-0.3, -0.25) is 14.6 Å². The molecule has 3 N–H and O–H groups in total. The minimum atomic E-state index is -0.819. The molecule has 0 spiro atoms. The number of aromatic hydroxyl groups is 1. The van der Waals surface area contributed by atoms with Crippen LogP contribution in [0.4, 0.5) is 0 Å². The molecule has 0 unspecified atom stereocenters. The van der Waals surface area contributed by atoms with Gasteiger partial charge in [-0.25, -0.2) is 14.8 Å². The van der Waals surface area contributed by atoms with Crippen LogP contribution in [0.25, 0.3) is 5.69 Å². The minimum Gasteiger partial charge on any atom is -0.493 e. The van der Waals surface area contributed by atoms with Crippen molar-refractivity contribution in [3.63, 3.8) is 0 Å². The van der Waals surface area contributed by atoms with Gasteiger partial charge in [-0.2, -0.15) is 5.10 Å². The first-order chi connectivity index (χ1) is 13.9. The van der Waals surface area contributed by atoms with Gasteiger partial charge in [0, 0.05) is 5.56 Å². The average molecular weight is 392 g/mol. The molecule has 0 saturated carbocycles. The first kappa shape index (κ1) is 19.8. The summed E-state index contributed by atoms with van der Waals surface area (Å²) < 4.78 is 0.964. The van der Waals surface area contributed by atoms with Gasteiger partial charge in [0.25, 0.3) is 11.5 Å². The maximum absolute atomic E-state index is 12.2. The van der Waals surface area contributed by atoms with E-state index in [1.54, 1.807) is 42.5 Å². The molecule has 1 aromatic heterocycles. The molecule has 0 radical (unpaired) electrons. The lowest BCUT2D eigenvalue weighted by Crippen LogP contribution is -2.31. The largest absolute Gasteiger partial charge is 0.493 e. The maximum Gasteiger partial charge on any atom is 0.335 e. The van der Waals surface area contributed by atoms with E-state index in [4.69, 9.17) is 0 Å². The molecule has 29 heavy (non-hydrogen) atoms. The van der Waals surface area contributed by atoms with Crippen LogP contribution in [0.1, 0.15) is 41.3 Å². The number of benzene rings is 2. The number of aromatic nitrogens is 2. The molecular weight excluding hydrogens is 372 g/mol.